The number of hydrogen-bond donors (Lipinski definition) is 1. The minimum atomic E-state index is -0.716. The zero-order valence-corrected chi connectivity index (χ0v) is 10.8. The fourth-order valence-electron chi connectivity index (χ4n) is 2.15. The van der Waals surface area contributed by atoms with Crippen LogP contribution in [-0.4, -0.2) is 28.9 Å². The molecule has 1 atom stereocenters. The average Bonchev–Trinajstić information content (AvgIpc) is 3.00. The molecule has 0 aliphatic carbocycles. The molecule has 1 fully saturated rings. The fraction of sp³-hybridized carbons (Fsp3) is 0.357. The standard InChI is InChI=1S/C14H15NO2S/c16-14(6-7-17-10-14)8-13-15-12(9-18-13)11-4-2-1-3-5-11/h1-5,9,16H,6-8,10H2. The number of thiazole rings is 1. The molecule has 1 unspecified atom stereocenters. The smallest absolute Gasteiger partial charge is 0.0965 e. The Bertz CT molecular complexity index is 518. The van der Waals surface area contributed by atoms with Crippen molar-refractivity contribution in [2.24, 2.45) is 0 Å². The Balaban J connectivity index is 1.78. The molecule has 1 aliphatic rings. The van der Waals surface area contributed by atoms with E-state index in [1.165, 1.54) is 0 Å². The van der Waals surface area contributed by atoms with Gasteiger partial charge in [0.25, 0.3) is 0 Å². The van der Waals surface area contributed by atoms with Crippen LogP contribution in [0, 0.1) is 0 Å². The summed E-state index contributed by atoms with van der Waals surface area (Å²) in [6.07, 6.45) is 1.29. The van der Waals surface area contributed by atoms with E-state index in [0.717, 1.165) is 16.3 Å². The highest BCUT2D eigenvalue weighted by Crippen LogP contribution is 2.27. The van der Waals surface area contributed by atoms with Gasteiger partial charge >= 0.3 is 0 Å². The van der Waals surface area contributed by atoms with Gasteiger partial charge in [0, 0.05) is 30.4 Å². The highest BCUT2D eigenvalue weighted by atomic mass is 32.1. The third-order valence-corrected chi connectivity index (χ3v) is 4.03. The first-order valence-electron chi connectivity index (χ1n) is 6.05. The molecular weight excluding hydrogens is 246 g/mol. The molecule has 3 rings (SSSR count). The lowest BCUT2D eigenvalue weighted by atomic mass is 10.00. The average molecular weight is 261 g/mol. The summed E-state index contributed by atoms with van der Waals surface area (Å²) in [5.74, 6) is 0. The second-order valence-corrected chi connectivity index (χ2v) is 5.64. The summed E-state index contributed by atoms with van der Waals surface area (Å²) >= 11 is 1.60. The molecular formula is C14H15NO2S. The van der Waals surface area contributed by atoms with E-state index < -0.39 is 5.60 Å². The predicted molar refractivity (Wildman–Crippen MR) is 71.6 cm³/mol. The van der Waals surface area contributed by atoms with Crippen LogP contribution in [0.15, 0.2) is 35.7 Å². The largest absolute Gasteiger partial charge is 0.387 e. The third kappa shape index (κ3) is 2.46. The number of aromatic nitrogens is 1. The number of ether oxygens (including phenoxy) is 1. The van der Waals surface area contributed by atoms with E-state index in [1.807, 2.05) is 35.7 Å². The molecule has 0 amide bonds. The van der Waals surface area contributed by atoms with Gasteiger partial charge in [-0.3, -0.25) is 0 Å². The van der Waals surface area contributed by atoms with E-state index in [2.05, 4.69) is 4.98 Å². The molecule has 0 spiro atoms. The minimum absolute atomic E-state index is 0.424. The first-order valence-corrected chi connectivity index (χ1v) is 6.93. The first-order chi connectivity index (χ1) is 8.75. The molecule has 1 aliphatic heterocycles. The van der Waals surface area contributed by atoms with Crippen LogP contribution < -0.4 is 0 Å². The van der Waals surface area contributed by atoms with Crippen molar-refractivity contribution >= 4 is 11.3 Å². The zero-order chi connectivity index (χ0) is 12.4. The van der Waals surface area contributed by atoms with E-state index in [1.54, 1.807) is 11.3 Å². The lowest BCUT2D eigenvalue weighted by molar-refractivity contribution is 0.0270. The number of rotatable bonds is 3. The van der Waals surface area contributed by atoms with E-state index in [9.17, 15) is 5.11 Å². The van der Waals surface area contributed by atoms with Crippen molar-refractivity contribution in [3.63, 3.8) is 0 Å². The van der Waals surface area contributed by atoms with Crippen LogP contribution in [0.4, 0.5) is 0 Å². The van der Waals surface area contributed by atoms with Crippen molar-refractivity contribution in [1.29, 1.82) is 0 Å². The maximum absolute atomic E-state index is 10.3. The summed E-state index contributed by atoms with van der Waals surface area (Å²) in [6.45, 7) is 1.07. The van der Waals surface area contributed by atoms with Gasteiger partial charge in [0.2, 0.25) is 0 Å². The van der Waals surface area contributed by atoms with Crippen LogP contribution in [0.3, 0.4) is 0 Å². The van der Waals surface area contributed by atoms with Gasteiger partial charge < -0.3 is 9.84 Å². The van der Waals surface area contributed by atoms with Gasteiger partial charge in [-0.1, -0.05) is 30.3 Å². The fourth-order valence-corrected chi connectivity index (χ4v) is 3.09. The van der Waals surface area contributed by atoms with Crippen molar-refractivity contribution in [3.05, 3.63) is 40.7 Å². The molecule has 4 heteroatoms. The number of hydrogen-bond acceptors (Lipinski definition) is 4. The second kappa shape index (κ2) is 4.80. The molecule has 18 heavy (non-hydrogen) atoms. The molecule has 2 aromatic rings. The Hall–Kier alpha value is -1.23. The van der Waals surface area contributed by atoms with Crippen LogP contribution in [0.2, 0.25) is 0 Å². The number of nitrogens with zero attached hydrogens (tertiary/aromatic N) is 1. The SMILES string of the molecule is OC1(Cc2nc(-c3ccccc3)cs2)CCOC1. The summed E-state index contributed by atoms with van der Waals surface area (Å²) < 4.78 is 5.25. The van der Waals surface area contributed by atoms with Crippen molar-refractivity contribution in [3.8, 4) is 11.3 Å². The van der Waals surface area contributed by atoms with Gasteiger partial charge in [-0.2, -0.15) is 0 Å². The summed E-state index contributed by atoms with van der Waals surface area (Å²) in [7, 11) is 0. The highest BCUT2D eigenvalue weighted by molar-refractivity contribution is 7.09. The Morgan fingerprint density at radius 1 is 1.33 bits per heavy atom. The number of aliphatic hydroxyl groups is 1. The molecule has 2 heterocycles. The topological polar surface area (TPSA) is 42.4 Å². The molecule has 0 radical (unpaired) electrons. The molecule has 1 aromatic heterocycles. The summed E-state index contributed by atoms with van der Waals surface area (Å²) in [6, 6.07) is 10.1. The molecule has 94 valence electrons. The van der Waals surface area contributed by atoms with Gasteiger partial charge in [0.15, 0.2) is 0 Å². The Morgan fingerprint density at radius 2 is 2.17 bits per heavy atom. The maximum atomic E-state index is 10.3. The van der Waals surface area contributed by atoms with Crippen molar-refractivity contribution in [2.75, 3.05) is 13.2 Å². The molecule has 3 nitrogen and oxygen atoms in total. The lowest BCUT2D eigenvalue weighted by Gasteiger charge is -2.18. The van der Waals surface area contributed by atoms with Crippen molar-refractivity contribution in [2.45, 2.75) is 18.4 Å². The summed E-state index contributed by atoms with van der Waals surface area (Å²) in [4.78, 5) is 4.59. The zero-order valence-electron chi connectivity index (χ0n) is 10.0. The lowest BCUT2D eigenvalue weighted by Crippen LogP contribution is -2.31. The molecule has 1 saturated heterocycles. The van der Waals surface area contributed by atoms with E-state index in [-0.39, 0.29) is 0 Å². The van der Waals surface area contributed by atoms with Crippen LogP contribution in [0.25, 0.3) is 11.3 Å². The van der Waals surface area contributed by atoms with E-state index in [4.69, 9.17) is 4.74 Å². The van der Waals surface area contributed by atoms with Crippen LogP contribution >= 0.6 is 11.3 Å². The van der Waals surface area contributed by atoms with Gasteiger partial charge in [0.05, 0.1) is 22.9 Å². The van der Waals surface area contributed by atoms with Crippen molar-refractivity contribution < 1.29 is 9.84 Å². The van der Waals surface area contributed by atoms with Crippen LogP contribution in [-0.2, 0) is 11.2 Å². The van der Waals surface area contributed by atoms with Gasteiger partial charge in [-0.05, 0) is 0 Å². The Labute approximate surface area is 110 Å². The monoisotopic (exact) mass is 261 g/mol. The van der Waals surface area contributed by atoms with E-state index >= 15 is 0 Å². The van der Waals surface area contributed by atoms with E-state index in [0.29, 0.717) is 26.1 Å². The number of benzene rings is 1. The van der Waals surface area contributed by atoms with Gasteiger partial charge in [-0.15, -0.1) is 11.3 Å². The minimum Gasteiger partial charge on any atom is -0.387 e. The first kappa shape index (κ1) is 11.8. The van der Waals surface area contributed by atoms with Gasteiger partial charge in [-0.25, -0.2) is 4.98 Å². The summed E-state index contributed by atoms with van der Waals surface area (Å²) in [5.41, 5.74) is 1.39. The maximum Gasteiger partial charge on any atom is 0.0965 e. The quantitative estimate of drug-likeness (QED) is 0.923. The summed E-state index contributed by atoms with van der Waals surface area (Å²) in [5, 5.41) is 13.3. The second-order valence-electron chi connectivity index (χ2n) is 4.70. The molecule has 1 aromatic carbocycles. The highest BCUT2D eigenvalue weighted by Gasteiger charge is 2.33. The molecule has 1 N–H and O–H groups in total. The van der Waals surface area contributed by atoms with Gasteiger partial charge in [0.1, 0.15) is 0 Å². The Kier molecular flexibility index (Phi) is 3.16. The molecule has 0 saturated carbocycles. The predicted octanol–water partition coefficient (Wildman–Crippen LogP) is 2.50. The Morgan fingerprint density at radius 3 is 2.89 bits per heavy atom. The van der Waals surface area contributed by atoms with Crippen molar-refractivity contribution in [1.82, 2.24) is 4.98 Å². The third-order valence-electron chi connectivity index (χ3n) is 3.18. The van der Waals surface area contributed by atoms with Crippen LogP contribution in [0.5, 0.6) is 0 Å². The van der Waals surface area contributed by atoms with Crippen LogP contribution in [0.1, 0.15) is 11.4 Å². The normalized spacial score (nSPS) is 23.4. The molecule has 0 bridgehead atoms.